The van der Waals surface area contributed by atoms with Crippen molar-refractivity contribution in [2.24, 2.45) is 0 Å². The minimum atomic E-state index is 0.911. The van der Waals surface area contributed by atoms with Crippen LogP contribution in [0, 0.1) is 0 Å². The normalized spacial score (nSPS) is 20.7. The summed E-state index contributed by atoms with van der Waals surface area (Å²) in [6.07, 6.45) is 0. The highest BCUT2D eigenvalue weighted by Gasteiger charge is 2.10. The molecule has 0 atom stereocenters. The van der Waals surface area contributed by atoms with Crippen LogP contribution in [0.15, 0.2) is 0 Å². The number of thiol groups is 1. The van der Waals surface area contributed by atoms with E-state index in [0.29, 0.717) is 0 Å². The SMILES string of the molecule is CC.CN1CCN(CS)CC1. The maximum absolute atomic E-state index is 4.20. The molecule has 1 fully saturated rings. The maximum atomic E-state index is 4.20. The molecular weight excluding hydrogens is 156 g/mol. The molecule has 3 heteroatoms. The fourth-order valence-electron chi connectivity index (χ4n) is 0.989. The predicted molar refractivity (Wildman–Crippen MR) is 54.3 cm³/mol. The number of hydrogen-bond donors (Lipinski definition) is 1. The summed E-state index contributed by atoms with van der Waals surface area (Å²) in [4.78, 5) is 4.70. The lowest BCUT2D eigenvalue weighted by Gasteiger charge is -2.30. The van der Waals surface area contributed by atoms with Gasteiger partial charge in [-0.05, 0) is 7.05 Å². The summed E-state index contributed by atoms with van der Waals surface area (Å²) in [5.41, 5.74) is 0. The Morgan fingerprint density at radius 3 is 1.91 bits per heavy atom. The van der Waals surface area contributed by atoms with E-state index in [4.69, 9.17) is 0 Å². The molecule has 0 bridgehead atoms. The summed E-state index contributed by atoms with van der Waals surface area (Å²) in [6.45, 7) is 8.75. The molecule has 1 aliphatic heterocycles. The van der Waals surface area contributed by atoms with Crippen LogP contribution in [0.2, 0.25) is 0 Å². The van der Waals surface area contributed by atoms with Gasteiger partial charge in [0.2, 0.25) is 0 Å². The third kappa shape index (κ3) is 4.67. The first-order chi connectivity index (χ1) is 5.33. The molecule has 0 aromatic heterocycles. The van der Waals surface area contributed by atoms with Crippen molar-refractivity contribution in [2.75, 3.05) is 39.1 Å². The van der Waals surface area contributed by atoms with Gasteiger partial charge in [0.15, 0.2) is 0 Å². The predicted octanol–water partition coefficient (Wildman–Crippen LogP) is 1.15. The first-order valence-corrected chi connectivity index (χ1v) is 4.98. The van der Waals surface area contributed by atoms with Crippen molar-refractivity contribution in [1.82, 2.24) is 9.80 Å². The molecule has 11 heavy (non-hydrogen) atoms. The molecule has 1 saturated heterocycles. The summed E-state index contributed by atoms with van der Waals surface area (Å²) >= 11 is 4.20. The van der Waals surface area contributed by atoms with Crippen LogP contribution in [-0.2, 0) is 0 Å². The van der Waals surface area contributed by atoms with Crippen LogP contribution in [0.25, 0.3) is 0 Å². The van der Waals surface area contributed by atoms with Crippen LogP contribution < -0.4 is 0 Å². The van der Waals surface area contributed by atoms with Crippen LogP contribution in [0.3, 0.4) is 0 Å². The van der Waals surface area contributed by atoms with Crippen LogP contribution in [0.1, 0.15) is 13.8 Å². The average molecular weight is 176 g/mol. The first kappa shape index (κ1) is 11.3. The first-order valence-electron chi connectivity index (χ1n) is 4.34. The van der Waals surface area contributed by atoms with Gasteiger partial charge in [-0.25, -0.2) is 0 Å². The fraction of sp³-hybridized carbons (Fsp3) is 1.00. The lowest BCUT2D eigenvalue weighted by molar-refractivity contribution is 0.175. The van der Waals surface area contributed by atoms with Crippen molar-refractivity contribution in [3.63, 3.8) is 0 Å². The number of piperazine rings is 1. The van der Waals surface area contributed by atoms with E-state index in [1.807, 2.05) is 13.8 Å². The summed E-state index contributed by atoms with van der Waals surface area (Å²) in [5, 5.41) is 0. The zero-order valence-electron chi connectivity index (χ0n) is 7.88. The smallest absolute Gasteiger partial charge is 0.0415 e. The Bertz CT molecular complexity index is 80.2. The van der Waals surface area contributed by atoms with Crippen molar-refractivity contribution in [3.8, 4) is 0 Å². The highest BCUT2D eigenvalue weighted by molar-refractivity contribution is 7.80. The standard InChI is InChI=1S/C6H14N2S.C2H6/c1-7-2-4-8(6-9)5-3-7;1-2/h9H,2-6H2,1H3;1-2H3. The van der Waals surface area contributed by atoms with Crippen molar-refractivity contribution in [1.29, 1.82) is 0 Å². The third-order valence-corrected chi connectivity index (χ3v) is 2.20. The van der Waals surface area contributed by atoms with Gasteiger partial charge in [0.05, 0.1) is 0 Å². The Morgan fingerprint density at radius 1 is 1.09 bits per heavy atom. The molecule has 1 aliphatic rings. The highest BCUT2D eigenvalue weighted by Crippen LogP contribution is 1.98. The molecule has 0 N–H and O–H groups in total. The van der Waals surface area contributed by atoms with Gasteiger partial charge in [0, 0.05) is 32.1 Å². The third-order valence-electron chi connectivity index (χ3n) is 1.80. The fourth-order valence-corrected chi connectivity index (χ4v) is 1.27. The molecule has 0 aliphatic carbocycles. The van der Waals surface area contributed by atoms with E-state index in [1.54, 1.807) is 0 Å². The van der Waals surface area contributed by atoms with Crippen molar-refractivity contribution in [3.05, 3.63) is 0 Å². The molecule has 0 radical (unpaired) electrons. The van der Waals surface area contributed by atoms with Crippen molar-refractivity contribution >= 4 is 12.6 Å². The average Bonchev–Trinajstić information content (AvgIpc) is 2.10. The molecule has 1 heterocycles. The number of rotatable bonds is 1. The summed E-state index contributed by atoms with van der Waals surface area (Å²) in [6, 6.07) is 0. The Hall–Kier alpha value is 0.270. The molecule has 0 unspecified atom stereocenters. The second kappa shape index (κ2) is 6.95. The van der Waals surface area contributed by atoms with E-state index in [-0.39, 0.29) is 0 Å². The topological polar surface area (TPSA) is 6.48 Å². The van der Waals surface area contributed by atoms with Crippen molar-refractivity contribution < 1.29 is 0 Å². The number of nitrogens with zero attached hydrogens (tertiary/aromatic N) is 2. The Balaban J connectivity index is 0.000000461. The molecule has 0 aromatic rings. The molecule has 2 nitrogen and oxygen atoms in total. The van der Waals surface area contributed by atoms with E-state index in [9.17, 15) is 0 Å². The molecule has 1 rings (SSSR count). The minimum Gasteiger partial charge on any atom is -0.304 e. The second-order valence-electron chi connectivity index (χ2n) is 2.56. The number of hydrogen-bond acceptors (Lipinski definition) is 3. The van der Waals surface area contributed by atoms with E-state index in [2.05, 4.69) is 29.5 Å². The Labute approximate surface area is 76.0 Å². The molecule has 68 valence electrons. The highest BCUT2D eigenvalue weighted by atomic mass is 32.1. The zero-order valence-corrected chi connectivity index (χ0v) is 8.77. The summed E-state index contributed by atoms with van der Waals surface area (Å²) in [5.74, 6) is 0.911. The Kier molecular flexibility index (Phi) is 7.12. The number of likely N-dealkylation sites (N-methyl/N-ethyl adjacent to an activating group) is 1. The van der Waals surface area contributed by atoms with E-state index in [0.717, 1.165) is 5.88 Å². The van der Waals surface area contributed by atoms with Gasteiger partial charge < -0.3 is 4.90 Å². The summed E-state index contributed by atoms with van der Waals surface area (Å²) in [7, 11) is 2.16. The minimum absolute atomic E-state index is 0.911. The van der Waals surface area contributed by atoms with Gasteiger partial charge in [-0.1, -0.05) is 13.8 Å². The lowest BCUT2D eigenvalue weighted by atomic mass is 10.4. The Morgan fingerprint density at radius 2 is 1.55 bits per heavy atom. The van der Waals surface area contributed by atoms with E-state index in [1.165, 1.54) is 26.2 Å². The largest absolute Gasteiger partial charge is 0.304 e. The quantitative estimate of drug-likeness (QED) is 0.599. The maximum Gasteiger partial charge on any atom is 0.0415 e. The van der Waals surface area contributed by atoms with Gasteiger partial charge >= 0.3 is 0 Å². The van der Waals surface area contributed by atoms with Gasteiger partial charge in [0.25, 0.3) is 0 Å². The monoisotopic (exact) mass is 176 g/mol. The summed E-state index contributed by atoms with van der Waals surface area (Å²) < 4.78 is 0. The molecule has 0 amide bonds. The molecule has 0 aromatic carbocycles. The van der Waals surface area contributed by atoms with E-state index >= 15 is 0 Å². The second-order valence-corrected chi connectivity index (χ2v) is 2.85. The van der Waals surface area contributed by atoms with Gasteiger partial charge in [0.1, 0.15) is 0 Å². The van der Waals surface area contributed by atoms with E-state index < -0.39 is 0 Å². The lowest BCUT2D eigenvalue weighted by Crippen LogP contribution is -2.43. The van der Waals surface area contributed by atoms with Crippen LogP contribution >= 0.6 is 12.6 Å². The van der Waals surface area contributed by atoms with Gasteiger partial charge in [-0.2, -0.15) is 12.6 Å². The molecule has 0 saturated carbocycles. The van der Waals surface area contributed by atoms with Gasteiger partial charge in [-0.15, -0.1) is 0 Å². The van der Waals surface area contributed by atoms with Crippen molar-refractivity contribution in [2.45, 2.75) is 13.8 Å². The zero-order chi connectivity index (χ0) is 8.69. The van der Waals surface area contributed by atoms with Crippen LogP contribution in [-0.4, -0.2) is 48.9 Å². The molecule has 0 spiro atoms. The van der Waals surface area contributed by atoms with Gasteiger partial charge in [-0.3, -0.25) is 4.90 Å². The van der Waals surface area contributed by atoms with Crippen LogP contribution in [0.4, 0.5) is 0 Å². The van der Waals surface area contributed by atoms with Crippen LogP contribution in [0.5, 0.6) is 0 Å². The molecular formula is C8H20N2S.